The van der Waals surface area contributed by atoms with Gasteiger partial charge in [0.1, 0.15) is 11.5 Å². The fourth-order valence-corrected chi connectivity index (χ4v) is 3.01. The largest absolute Gasteiger partial charge is 0.464 e. The van der Waals surface area contributed by atoms with E-state index >= 15 is 0 Å². The maximum absolute atomic E-state index is 10.8. The van der Waals surface area contributed by atoms with Gasteiger partial charge in [0, 0.05) is 18.8 Å². The normalized spacial score (nSPS) is 14.4. The Morgan fingerprint density at radius 2 is 2.26 bits per heavy atom. The number of thioether (sulfide) groups is 1. The lowest BCUT2D eigenvalue weighted by Gasteiger charge is -2.10. The van der Waals surface area contributed by atoms with Gasteiger partial charge < -0.3 is 15.1 Å². The summed E-state index contributed by atoms with van der Waals surface area (Å²) in [5.41, 5.74) is 0.255. The van der Waals surface area contributed by atoms with E-state index in [1.165, 1.54) is 0 Å². The predicted molar refractivity (Wildman–Crippen MR) is 91.5 cm³/mol. The third kappa shape index (κ3) is 5.47. The molecule has 0 amide bonds. The van der Waals surface area contributed by atoms with E-state index < -0.39 is 0 Å². The monoisotopic (exact) mass is 340 g/mol. The van der Waals surface area contributed by atoms with Gasteiger partial charge in [-0.05, 0) is 25.7 Å². The first kappa shape index (κ1) is 17.7. The van der Waals surface area contributed by atoms with Crippen molar-refractivity contribution in [1.82, 2.24) is 15.5 Å². The van der Waals surface area contributed by atoms with Gasteiger partial charge in [0.2, 0.25) is 0 Å². The van der Waals surface area contributed by atoms with Gasteiger partial charge in [-0.25, -0.2) is 0 Å². The molecule has 0 fully saturated rings. The molecule has 0 bridgehead atoms. The minimum absolute atomic E-state index is 0.255. The first-order valence-corrected chi connectivity index (χ1v) is 8.94. The van der Waals surface area contributed by atoms with Crippen molar-refractivity contribution in [3.8, 4) is 0 Å². The molecule has 2 N–H and O–H groups in total. The van der Waals surface area contributed by atoms with Crippen molar-refractivity contribution >= 4 is 11.8 Å². The summed E-state index contributed by atoms with van der Waals surface area (Å²) in [6, 6.07) is 4.04. The lowest BCUT2D eigenvalue weighted by Crippen LogP contribution is -2.26. The Balaban J connectivity index is 1.66. The van der Waals surface area contributed by atoms with Gasteiger partial charge in [0.15, 0.2) is 5.82 Å². The molecule has 0 saturated carbocycles. The van der Waals surface area contributed by atoms with Crippen LogP contribution in [0.4, 0.5) is 0 Å². The Morgan fingerprint density at radius 3 is 3.00 bits per heavy atom. The predicted octanol–water partition coefficient (Wildman–Crippen LogP) is 1.99. The van der Waals surface area contributed by atoms with E-state index in [1.54, 1.807) is 11.8 Å². The van der Waals surface area contributed by atoms with E-state index in [4.69, 9.17) is 4.42 Å². The number of nitrogens with one attached hydrogen (secondary N) is 2. The third-order valence-corrected chi connectivity index (χ3v) is 4.63. The van der Waals surface area contributed by atoms with E-state index in [-0.39, 0.29) is 10.6 Å². The topological polar surface area (TPSA) is 83.6 Å². The van der Waals surface area contributed by atoms with Gasteiger partial charge in [0.05, 0.1) is 23.6 Å². The van der Waals surface area contributed by atoms with Gasteiger partial charge in [-0.15, -0.1) is 0 Å². The van der Waals surface area contributed by atoms with Crippen molar-refractivity contribution in [2.45, 2.75) is 25.6 Å². The van der Waals surface area contributed by atoms with E-state index in [0.717, 1.165) is 36.1 Å². The molecular weight excluding hydrogens is 316 g/mol. The molecule has 0 aromatic carbocycles. The molecule has 8 heteroatoms. The lowest BCUT2D eigenvalue weighted by molar-refractivity contribution is -0.427. The Morgan fingerprint density at radius 1 is 1.48 bits per heavy atom. The Bertz CT molecular complexity index is 559. The van der Waals surface area contributed by atoms with Gasteiger partial charge in [0.25, 0.3) is 5.70 Å². The van der Waals surface area contributed by atoms with Crippen LogP contribution in [-0.4, -0.2) is 42.3 Å². The molecular formula is C15H24N4O3S. The highest BCUT2D eigenvalue weighted by Gasteiger charge is 2.23. The van der Waals surface area contributed by atoms with Crippen LogP contribution >= 0.6 is 11.8 Å². The standard InChI is InChI=1S/C15H24N4O3S/c1-3-18(2)10-12-4-5-13(22-12)11-23-9-8-17-15-14(19(20)21)6-7-16-15/h4-5,16-17H,3,6-11H2,1-2H3. The van der Waals surface area contributed by atoms with Crippen molar-refractivity contribution in [2.75, 3.05) is 32.4 Å². The van der Waals surface area contributed by atoms with Gasteiger partial charge >= 0.3 is 0 Å². The highest BCUT2D eigenvalue weighted by Crippen LogP contribution is 2.16. The summed E-state index contributed by atoms with van der Waals surface area (Å²) in [5.74, 6) is 4.20. The van der Waals surface area contributed by atoms with Crippen molar-refractivity contribution in [3.05, 3.63) is 45.3 Å². The molecule has 1 aromatic heterocycles. The SMILES string of the molecule is CCN(C)Cc1ccc(CSCCNC2=C([N+](=O)[O-])CCN2)o1. The maximum Gasteiger partial charge on any atom is 0.287 e. The zero-order chi connectivity index (χ0) is 16.7. The molecule has 0 spiro atoms. The second kappa shape index (κ2) is 8.83. The van der Waals surface area contributed by atoms with Gasteiger partial charge in [-0.1, -0.05) is 6.92 Å². The Hall–Kier alpha value is -1.67. The minimum atomic E-state index is -0.312. The molecule has 2 rings (SSSR count). The number of furan rings is 1. The summed E-state index contributed by atoms with van der Waals surface area (Å²) in [6.45, 7) is 5.26. The molecule has 0 radical (unpaired) electrons. The lowest BCUT2D eigenvalue weighted by atomic mass is 10.4. The van der Waals surface area contributed by atoms with Crippen LogP contribution < -0.4 is 10.6 Å². The third-order valence-electron chi connectivity index (χ3n) is 3.65. The number of hydrogen-bond donors (Lipinski definition) is 2. The van der Waals surface area contributed by atoms with Crippen LogP contribution in [-0.2, 0) is 12.3 Å². The van der Waals surface area contributed by atoms with E-state index in [1.807, 2.05) is 12.1 Å². The van der Waals surface area contributed by atoms with Crippen LogP contribution in [0, 0.1) is 10.1 Å². The first-order chi connectivity index (χ1) is 11.1. The number of nitro groups is 1. The molecule has 128 valence electrons. The van der Waals surface area contributed by atoms with Crippen LogP contribution in [0.5, 0.6) is 0 Å². The van der Waals surface area contributed by atoms with Crippen molar-refractivity contribution in [2.24, 2.45) is 0 Å². The molecule has 23 heavy (non-hydrogen) atoms. The Kier molecular flexibility index (Phi) is 6.79. The van der Waals surface area contributed by atoms with E-state index in [9.17, 15) is 10.1 Å². The molecule has 0 aliphatic carbocycles. The minimum Gasteiger partial charge on any atom is -0.464 e. The maximum atomic E-state index is 10.8. The second-order valence-corrected chi connectivity index (χ2v) is 6.54. The average molecular weight is 340 g/mol. The van der Waals surface area contributed by atoms with Crippen LogP contribution in [0.2, 0.25) is 0 Å². The summed E-state index contributed by atoms with van der Waals surface area (Å²) in [7, 11) is 2.06. The van der Waals surface area contributed by atoms with Crippen LogP contribution in [0.15, 0.2) is 28.1 Å². The molecule has 1 aliphatic heterocycles. The highest BCUT2D eigenvalue weighted by atomic mass is 32.2. The quantitative estimate of drug-likeness (QED) is 0.383. The number of rotatable bonds is 10. The summed E-state index contributed by atoms with van der Waals surface area (Å²) < 4.78 is 5.79. The first-order valence-electron chi connectivity index (χ1n) is 7.79. The van der Waals surface area contributed by atoms with Crippen molar-refractivity contribution < 1.29 is 9.34 Å². The molecule has 0 atom stereocenters. The molecule has 7 nitrogen and oxygen atoms in total. The number of nitrogens with zero attached hydrogens (tertiary/aromatic N) is 2. The highest BCUT2D eigenvalue weighted by molar-refractivity contribution is 7.98. The van der Waals surface area contributed by atoms with Crippen LogP contribution in [0.25, 0.3) is 0 Å². The average Bonchev–Trinajstić information content (AvgIpc) is 3.16. The fraction of sp³-hybridized carbons (Fsp3) is 0.600. The van der Waals surface area contributed by atoms with Crippen molar-refractivity contribution in [1.29, 1.82) is 0 Å². The molecule has 0 saturated heterocycles. The van der Waals surface area contributed by atoms with E-state index in [2.05, 4.69) is 29.5 Å². The number of hydrogen-bond acceptors (Lipinski definition) is 7. The van der Waals surface area contributed by atoms with Gasteiger partial charge in [-0.2, -0.15) is 11.8 Å². The van der Waals surface area contributed by atoms with Crippen LogP contribution in [0.3, 0.4) is 0 Å². The summed E-state index contributed by atoms with van der Waals surface area (Å²) in [4.78, 5) is 12.7. The molecule has 0 unspecified atom stereocenters. The van der Waals surface area contributed by atoms with Crippen molar-refractivity contribution in [3.63, 3.8) is 0 Å². The molecule has 1 aromatic rings. The molecule has 1 aliphatic rings. The summed E-state index contributed by atoms with van der Waals surface area (Å²) in [6.07, 6.45) is 0.476. The zero-order valence-corrected chi connectivity index (χ0v) is 14.4. The summed E-state index contributed by atoms with van der Waals surface area (Å²) in [5, 5.41) is 17.0. The zero-order valence-electron chi connectivity index (χ0n) is 13.6. The Labute approximate surface area is 140 Å². The van der Waals surface area contributed by atoms with E-state index in [0.29, 0.717) is 25.3 Å². The second-order valence-electron chi connectivity index (χ2n) is 5.43. The van der Waals surface area contributed by atoms with Gasteiger partial charge in [-0.3, -0.25) is 15.0 Å². The smallest absolute Gasteiger partial charge is 0.287 e. The fourth-order valence-electron chi connectivity index (χ4n) is 2.26. The summed E-state index contributed by atoms with van der Waals surface area (Å²) >= 11 is 1.75. The van der Waals surface area contributed by atoms with Crippen LogP contribution in [0.1, 0.15) is 24.9 Å². The molecule has 2 heterocycles.